The number of rotatable bonds is 6. The molecule has 0 radical (unpaired) electrons. The average molecular weight is 444 g/mol. The van der Waals surface area contributed by atoms with Crippen LogP contribution in [-0.2, 0) is 0 Å². The number of fused-ring (bicyclic) bond motifs is 1. The lowest BCUT2D eigenvalue weighted by Gasteiger charge is -2.17. The molecule has 1 aliphatic rings. The predicted molar refractivity (Wildman–Crippen MR) is 129 cm³/mol. The number of hydrogen-bond donors (Lipinski definition) is 2. The number of methoxy groups -OCH3 is 1. The van der Waals surface area contributed by atoms with Gasteiger partial charge >= 0.3 is 0 Å². The summed E-state index contributed by atoms with van der Waals surface area (Å²) < 4.78 is 11.0. The number of furan rings is 1. The van der Waals surface area contributed by atoms with Crippen LogP contribution in [0, 0.1) is 6.92 Å². The van der Waals surface area contributed by atoms with Gasteiger partial charge in [-0.1, -0.05) is 12.1 Å². The smallest absolute Gasteiger partial charge is 0.291 e. The maximum atomic E-state index is 12.7. The molecule has 2 aromatic heterocycles. The van der Waals surface area contributed by atoms with Gasteiger partial charge < -0.3 is 24.7 Å². The van der Waals surface area contributed by atoms with E-state index in [-0.39, 0.29) is 11.7 Å². The fraction of sp³-hybridized carbons (Fsp3) is 0.240. The van der Waals surface area contributed by atoms with Crippen LogP contribution in [0.1, 0.15) is 29.1 Å². The summed E-state index contributed by atoms with van der Waals surface area (Å²) in [6.07, 6.45) is 2.35. The summed E-state index contributed by atoms with van der Waals surface area (Å²) >= 11 is 0. The first-order valence-corrected chi connectivity index (χ1v) is 10.9. The van der Waals surface area contributed by atoms with E-state index in [1.54, 1.807) is 19.2 Å². The molecule has 2 aromatic carbocycles. The van der Waals surface area contributed by atoms with E-state index in [2.05, 4.69) is 25.5 Å². The quantitative estimate of drug-likeness (QED) is 0.426. The van der Waals surface area contributed by atoms with Crippen LogP contribution >= 0.6 is 0 Å². The highest BCUT2D eigenvalue weighted by molar-refractivity contribution is 6.05. The number of benzene rings is 2. The van der Waals surface area contributed by atoms with Crippen molar-refractivity contribution < 1.29 is 13.9 Å². The number of para-hydroxylation sites is 1. The zero-order chi connectivity index (χ0) is 22.8. The number of nitrogens with zero attached hydrogens (tertiary/aromatic N) is 3. The topological polar surface area (TPSA) is 92.5 Å². The van der Waals surface area contributed by atoms with Gasteiger partial charge in [0.25, 0.3) is 5.91 Å². The lowest BCUT2D eigenvalue weighted by Crippen LogP contribution is -2.21. The number of anilines is 4. The van der Waals surface area contributed by atoms with Crippen LogP contribution in [0.3, 0.4) is 0 Å². The maximum absolute atomic E-state index is 12.7. The molecule has 1 aliphatic heterocycles. The highest BCUT2D eigenvalue weighted by atomic mass is 16.5. The van der Waals surface area contributed by atoms with Crippen molar-refractivity contribution in [3.63, 3.8) is 0 Å². The Hall–Kier alpha value is -4.07. The molecule has 8 nitrogen and oxygen atoms in total. The molecule has 5 rings (SSSR count). The minimum Gasteiger partial charge on any atom is -0.493 e. The SMILES string of the molecule is COc1cccc2cc(C(=O)Nc3ccc(Nc4cc(C)nc(N5CCCC5)n4)cc3)oc12. The zero-order valence-electron chi connectivity index (χ0n) is 18.6. The Morgan fingerprint density at radius 3 is 2.55 bits per heavy atom. The number of ether oxygens (including phenoxy) is 1. The summed E-state index contributed by atoms with van der Waals surface area (Å²) in [5, 5.41) is 7.01. The molecule has 0 atom stereocenters. The molecule has 0 aliphatic carbocycles. The van der Waals surface area contributed by atoms with Crippen molar-refractivity contribution in [2.24, 2.45) is 0 Å². The number of hydrogen-bond acceptors (Lipinski definition) is 7. The monoisotopic (exact) mass is 443 g/mol. The Bertz CT molecular complexity index is 1290. The van der Waals surface area contributed by atoms with Gasteiger partial charge in [0.2, 0.25) is 5.95 Å². The Kier molecular flexibility index (Phi) is 5.56. The molecule has 0 spiro atoms. The summed E-state index contributed by atoms with van der Waals surface area (Å²) in [5.41, 5.74) is 3.00. The van der Waals surface area contributed by atoms with Crippen LogP contribution in [-0.4, -0.2) is 36.1 Å². The molecule has 4 aromatic rings. The number of amides is 1. The lowest BCUT2D eigenvalue weighted by atomic mass is 10.2. The van der Waals surface area contributed by atoms with Gasteiger partial charge in [-0.05, 0) is 56.2 Å². The first-order valence-electron chi connectivity index (χ1n) is 10.9. The van der Waals surface area contributed by atoms with Gasteiger partial charge in [0.05, 0.1) is 7.11 Å². The summed E-state index contributed by atoms with van der Waals surface area (Å²) in [4.78, 5) is 24.1. The Morgan fingerprint density at radius 2 is 1.79 bits per heavy atom. The number of aromatic nitrogens is 2. The van der Waals surface area contributed by atoms with Gasteiger partial charge in [0, 0.05) is 41.6 Å². The normalized spacial score (nSPS) is 13.3. The van der Waals surface area contributed by atoms with E-state index in [1.807, 2.05) is 49.4 Å². The van der Waals surface area contributed by atoms with Gasteiger partial charge in [0.15, 0.2) is 17.1 Å². The molecular weight excluding hydrogens is 418 g/mol. The first kappa shape index (κ1) is 20.8. The largest absolute Gasteiger partial charge is 0.493 e. The van der Waals surface area contributed by atoms with Gasteiger partial charge in [-0.25, -0.2) is 4.98 Å². The van der Waals surface area contributed by atoms with E-state index in [9.17, 15) is 4.79 Å². The fourth-order valence-corrected chi connectivity index (χ4v) is 3.96. The molecule has 168 valence electrons. The second-order valence-corrected chi connectivity index (χ2v) is 8.03. The van der Waals surface area contributed by atoms with E-state index in [0.29, 0.717) is 17.0 Å². The van der Waals surface area contributed by atoms with Crippen LogP contribution < -0.4 is 20.3 Å². The molecule has 8 heteroatoms. The average Bonchev–Trinajstić information content (AvgIpc) is 3.50. The predicted octanol–water partition coefficient (Wildman–Crippen LogP) is 5.14. The Labute approximate surface area is 191 Å². The highest BCUT2D eigenvalue weighted by Crippen LogP contribution is 2.29. The molecule has 0 saturated carbocycles. The van der Waals surface area contributed by atoms with E-state index < -0.39 is 0 Å². The fourth-order valence-electron chi connectivity index (χ4n) is 3.96. The Morgan fingerprint density at radius 1 is 1.03 bits per heavy atom. The molecule has 0 unspecified atom stereocenters. The molecule has 0 bridgehead atoms. The van der Waals surface area contributed by atoms with Gasteiger partial charge in [-0.2, -0.15) is 4.98 Å². The van der Waals surface area contributed by atoms with E-state index >= 15 is 0 Å². The highest BCUT2D eigenvalue weighted by Gasteiger charge is 2.17. The van der Waals surface area contributed by atoms with Gasteiger partial charge in [-0.15, -0.1) is 0 Å². The van der Waals surface area contributed by atoms with Crippen molar-refractivity contribution in [2.75, 3.05) is 35.7 Å². The molecular formula is C25H25N5O3. The number of carbonyl (C=O) groups excluding carboxylic acids is 1. The van der Waals surface area contributed by atoms with Crippen LogP contribution in [0.5, 0.6) is 5.75 Å². The third kappa shape index (κ3) is 4.45. The summed E-state index contributed by atoms with van der Waals surface area (Å²) in [6, 6.07) is 16.6. The number of carbonyl (C=O) groups is 1. The van der Waals surface area contributed by atoms with E-state index in [4.69, 9.17) is 9.15 Å². The van der Waals surface area contributed by atoms with Crippen molar-refractivity contribution in [3.8, 4) is 5.75 Å². The third-order valence-corrected chi connectivity index (χ3v) is 5.60. The van der Waals surface area contributed by atoms with E-state index in [0.717, 1.165) is 41.6 Å². The summed E-state index contributed by atoms with van der Waals surface area (Å²) in [7, 11) is 1.57. The van der Waals surface area contributed by atoms with Crippen LogP contribution in [0.15, 0.2) is 59.0 Å². The van der Waals surface area contributed by atoms with Crippen LogP contribution in [0.2, 0.25) is 0 Å². The third-order valence-electron chi connectivity index (χ3n) is 5.60. The molecule has 3 heterocycles. The second-order valence-electron chi connectivity index (χ2n) is 8.03. The number of nitrogens with one attached hydrogen (secondary N) is 2. The second kappa shape index (κ2) is 8.82. The van der Waals surface area contributed by atoms with Crippen molar-refractivity contribution in [3.05, 3.63) is 66.1 Å². The van der Waals surface area contributed by atoms with Crippen LogP contribution in [0.25, 0.3) is 11.0 Å². The van der Waals surface area contributed by atoms with E-state index in [1.165, 1.54) is 12.8 Å². The minimum absolute atomic E-state index is 0.225. The number of aryl methyl sites for hydroxylation is 1. The van der Waals surface area contributed by atoms with Crippen molar-refractivity contribution in [2.45, 2.75) is 19.8 Å². The Balaban J connectivity index is 1.28. The van der Waals surface area contributed by atoms with Crippen molar-refractivity contribution in [1.82, 2.24) is 9.97 Å². The first-order chi connectivity index (χ1) is 16.1. The molecule has 1 saturated heterocycles. The molecule has 1 amide bonds. The van der Waals surface area contributed by atoms with Gasteiger partial charge in [-0.3, -0.25) is 4.79 Å². The maximum Gasteiger partial charge on any atom is 0.291 e. The molecule has 1 fully saturated rings. The van der Waals surface area contributed by atoms with Crippen molar-refractivity contribution in [1.29, 1.82) is 0 Å². The lowest BCUT2D eigenvalue weighted by molar-refractivity contribution is 0.0998. The van der Waals surface area contributed by atoms with Crippen LogP contribution in [0.4, 0.5) is 23.1 Å². The van der Waals surface area contributed by atoms with Gasteiger partial charge in [0.1, 0.15) is 5.82 Å². The van der Waals surface area contributed by atoms with Crippen molar-refractivity contribution >= 4 is 40.0 Å². The molecule has 33 heavy (non-hydrogen) atoms. The summed E-state index contributed by atoms with van der Waals surface area (Å²) in [5.74, 6) is 2.01. The molecule has 2 N–H and O–H groups in total. The zero-order valence-corrected chi connectivity index (χ0v) is 18.6. The minimum atomic E-state index is -0.323. The standard InChI is InChI=1S/C25H25N5O3/c1-16-14-22(29-25(26-16)30-12-3-4-13-30)27-18-8-10-19(11-9-18)28-24(31)21-15-17-6-5-7-20(32-2)23(17)33-21/h5-11,14-15H,3-4,12-13H2,1-2H3,(H,28,31)(H,26,27,29). The summed E-state index contributed by atoms with van der Waals surface area (Å²) in [6.45, 7) is 3.96.